The zero-order valence-electron chi connectivity index (χ0n) is 19.8. The minimum atomic E-state index is -4.41. The number of aryl methyl sites for hydroxylation is 3. The summed E-state index contributed by atoms with van der Waals surface area (Å²) >= 11 is 0. The molecule has 2 heterocycles. The summed E-state index contributed by atoms with van der Waals surface area (Å²) < 4.78 is 35.4. The fourth-order valence-electron chi connectivity index (χ4n) is 4.05. The lowest BCUT2D eigenvalue weighted by Crippen LogP contribution is -2.41. The van der Waals surface area contributed by atoms with E-state index >= 15 is 0 Å². The highest BCUT2D eigenvalue weighted by Gasteiger charge is 2.28. The predicted octanol–water partition coefficient (Wildman–Crippen LogP) is 2.09. The molecule has 0 atom stereocenters. The molecule has 0 N–H and O–H groups in total. The van der Waals surface area contributed by atoms with E-state index in [1.165, 1.54) is 35.4 Å². The third-order valence-electron chi connectivity index (χ3n) is 5.94. The van der Waals surface area contributed by atoms with Gasteiger partial charge in [0.2, 0.25) is 0 Å². The van der Waals surface area contributed by atoms with Crippen molar-refractivity contribution < 1.29 is 12.6 Å². The lowest BCUT2D eigenvalue weighted by atomic mass is 10.0. The molecule has 0 saturated heterocycles. The highest BCUT2D eigenvalue weighted by Crippen LogP contribution is 2.29. The molecular formula is C25H25N3O6S. The van der Waals surface area contributed by atoms with Crippen LogP contribution in [-0.2, 0) is 37.2 Å². The largest absolute Gasteiger partial charge is 0.377 e. The molecule has 4 aromatic rings. The van der Waals surface area contributed by atoms with E-state index in [1.54, 1.807) is 43.3 Å². The Hall–Kier alpha value is -3.92. The Morgan fingerprint density at radius 2 is 1.49 bits per heavy atom. The molecule has 0 spiro atoms. The van der Waals surface area contributed by atoms with E-state index in [0.29, 0.717) is 0 Å². The van der Waals surface area contributed by atoms with Crippen LogP contribution in [0.25, 0.3) is 11.0 Å². The molecule has 2 aromatic heterocycles. The molecule has 0 amide bonds. The van der Waals surface area contributed by atoms with Crippen molar-refractivity contribution in [2.45, 2.75) is 31.7 Å². The zero-order chi connectivity index (χ0) is 25.5. The molecule has 0 fully saturated rings. The van der Waals surface area contributed by atoms with Crippen molar-refractivity contribution in [1.82, 2.24) is 13.7 Å². The molecule has 0 aliphatic carbocycles. The van der Waals surface area contributed by atoms with Gasteiger partial charge in [0.25, 0.3) is 11.1 Å². The molecule has 0 bridgehead atoms. The molecule has 0 radical (unpaired) electrons. The van der Waals surface area contributed by atoms with Crippen LogP contribution >= 0.6 is 0 Å². The second-order valence-corrected chi connectivity index (χ2v) is 9.82. The maximum Gasteiger partial charge on any atom is 0.339 e. The molecule has 0 saturated carbocycles. The van der Waals surface area contributed by atoms with E-state index in [0.717, 1.165) is 15.7 Å². The van der Waals surface area contributed by atoms with Crippen LogP contribution in [0, 0.1) is 6.92 Å². The third kappa shape index (κ3) is 4.21. The molecule has 35 heavy (non-hydrogen) atoms. The average Bonchev–Trinajstić information content (AvgIpc) is 2.84. The van der Waals surface area contributed by atoms with Gasteiger partial charge in [-0.3, -0.25) is 23.3 Å². The van der Waals surface area contributed by atoms with E-state index < -0.39 is 26.9 Å². The van der Waals surface area contributed by atoms with Crippen LogP contribution in [0.1, 0.15) is 23.6 Å². The summed E-state index contributed by atoms with van der Waals surface area (Å²) in [5, 5.41) is -0.155. The van der Waals surface area contributed by atoms with E-state index in [2.05, 4.69) is 0 Å². The Kier molecular flexibility index (Phi) is 6.25. The number of aromatic nitrogens is 3. The summed E-state index contributed by atoms with van der Waals surface area (Å²) in [6.07, 6.45) is 0.0244. The SMILES string of the molecule is CCn1c(=O)n(C)c(=O)c2c(OS(=O)(=O)c3ccc(C)cc3)c(Cc3ccccc3)c(=O)n(C)c21. The number of nitrogens with zero attached hydrogens (tertiary/aromatic N) is 3. The van der Waals surface area contributed by atoms with Crippen molar-refractivity contribution >= 4 is 21.2 Å². The average molecular weight is 496 g/mol. The van der Waals surface area contributed by atoms with Gasteiger partial charge in [-0.15, -0.1) is 0 Å². The molecular weight excluding hydrogens is 470 g/mol. The van der Waals surface area contributed by atoms with Crippen molar-refractivity contribution in [1.29, 1.82) is 0 Å². The highest BCUT2D eigenvalue weighted by molar-refractivity contribution is 7.87. The Balaban J connectivity index is 2.12. The van der Waals surface area contributed by atoms with Gasteiger partial charge in [-0.1, -0.05) is 48.0 Å². The smallest absolute Gasteiger partial charge is 0.339 e. The van der Waals surface area contributed by atoms with Crippen molar-refractivity contribution in [3.05, 3.63) is 102 Å². The summed E-state index contributed by atoms with van der Waals surface area (Å²) in [7, 11) is -1.66. The molecule has 10 heteroatoms. The molecule has 0 aliphatic heterocycles. The number of hydrogen-bond acceptors (Lipinski definition) is 6. The summed E-state index contributed by atoms with van der Waals surface area (Å²) in [6, 6.07) is 15.0. The molecule has 0 unspecified atom stereocenters. The van der Waals surface area contributed by atoms with Gasteiger partial charge in [0, 0.05) is 27.1 Å². The summed E-state index contributed by atoms with van der Waals surface area (Å²) in [4.78, 5) is 39.5. The first-order chi connectivity index (χ1) is 16.6. The molecule has 182 valence electrons. The monoisotopic (exact) mass is 495 g/mol. The fraction of sp³-hybridized carbons (Fsp3) is 0.240. The Morgan fingerprint density at radius 3 is 2.09 bits per heavy atom. The molecule has 4 rings (SSSR count). The number of benzene rings is 2. The summed E-state index contributed by atoms with van der Waals surface area (Å²) in [5.41, 5.74) is -0.366. The number of pyridine rings is 1. The number of rotatable bonds is 6. The first kappa shape index (κ1) is 24.2. The van der Waals surface area contributed by atoms with Crippen molar-refractivity contribution in [2.24, 2.45) is 14.1 Å². The fourth-order valence-corrected chi connectivity index (χ4v) is 5.02. The Morgan fingerprint density at radius 1 is 0.857 bits per heavy atom. The highest BCUT2D eigenvalue weighted by atomic mass is 32.2. The third-order valence-corrected chi connectivity index (χ3v) is 7.18. The van der Waals surface area contributed by atoms with Gasteiger partial charge in [-0.25, -0.2) is 4.79 Å². The van der Waals surface area contributed by atoms with Gasteiger partial charge in [0.15, 0.2) is 5.75 Å². The molecule has 2 aromatic carbocycles. The topological polar surface area (TPSA) is 109 Å². The van der Waals surface area contributed by atoms with Crippen LogP contribution in [0.5, 0.6) is 5.75 Å². The minimum absolute atomic E-state index is 0.000267. The Labute approximate surface area is 201 Å². The minimum Gasteiger partial charge on any atom is -0.377 e. The zero-order valence-corrected chi connectivity index (χ0v) is 20.6. The second-order valence-electron chi connectivity index (χ2n) is 8.27. The second kappa shape index (κ2) is 9.03. The normalized spacial score (nSPS) is 11.7. The van der Waals surface area contributed by atoms with Gasteiger partial charge in [0.1, 0.15) is 15.9 Å². The first-order valence-electron chi connectivity index (χ1n) is 11.0. The van der Waals surface area contributed by atoms with Crippen LogP contribution < -0.4 is 21.0 Å². The van der Waals surface area contributed by atoms with Gasteiger partial charge in [0.05, 0.1) is 5.56 Å². The van der Waals surface area contributed by atoms with Gasteiger partial charge < -0.3 is 4.18 Å². The van der Waals surface area contributed by atoms with Gasteiger partial charge >= 0.3 is 15.8 Å². The van der Waals surface area contributed by atoms with Crippen molar-refractivity contribution in [2.75, 3.05) is 0 Å². The summed E-state index contributed by atoms with van der Waals surface area (Å²) in [6.45, 7) is 3.66. The van der Waals surface area contributed by atoms with E-state index in [-0.39, 0.29) is 40.2 Å². The quantitative estimate of drug-likeness (QED) is 0.379. The van der Waals surface area contributed by atoms with E-state index in [1.807, 2.05) is 13.0 Å². The van der Waals surface area contributed by atoms with Gasteiger partial charge in [-0.05, 0) is 31.5 Å². The predicted molar refractivity (Wildman–Crippen MR) is 133 cm³/mol. The van der Waals surface area contributed by atoms with Crippen LogP contribution in [0.3, 0.4) is 0 Å². The van der Waals surface area contributed by atoms with E-state index in [4.69, 9.17) is 4.18 Å². The summed E-state index contributed by atoms with van der Waals surface area (Å²) in [5.74, 6) is -0.365. The standard InChI is InChI=1S/C25H25N3O6S/c1-5-28-22-20(24(30)27(4)25(28)31)21(34-35(32,33)18-13-11-16(2)12-14-18)19(23(29)26(22)3)15-17-9-7-6-8-10-17/h6-14H,5,15H2,1-4H3. The maximum atomic E-state index is 13.5. The number of fused-ring (bicyclic) bond motifs is 1. The van der Waals surface area contributed by atoms with Crippen LogP contribution in [0.15, 0.2) is 73.9 Å². The molecule has 9 nitrogen and oxygen atoms in total. The van der Waals surface area contributed by atoms with Crippen LogP contribution in [0.4, 0.5) is 0 Å². The van der Waals surface area contributed by atoms with Crippen LogP contribution in [-0.4, -0.2) is 22.1 Å². The maximum absolute atomic E-state index is 13.5. The number of hydrogen-bond donors (Lipinski definition) is 0. The van der Waals surface area contributed by atoms with Crippen molar-refractivity contribution in [3.63, 3.8) is 0 Å². The van der Waals surface area contributed by atoms with E-state index in [9.17, 15) is 22.8 Å². The first-order valence-corrected chi connectivity index (χ1v) is 12.4. The van der Waals surface area contributed by atoms with Crippen LogP contribution in [0.2, 0.25) is 0 Å². The molecule has 0 aliphatic rings. The lowest BCUT2D eigenvalue weighted by Gasteiger charge is -2.19. The lowest BCUT2D eigenvalue weighted by molar-refractivity contribution is 0.483. The Bertz CT molecular complexity index is 1710. The van der Waals surface area contributed by atoms with Crippen molar-refractivity contribution in [3.8, 4) is 5.75 Å². The van der Waals surface area contributed by atoms with Gasteiger partial charge in [-0.2, -0.15) is 8.42 Å².